The van der Waals surface area contributed by atoms with Crippen LogP contribution in [0.15, 0.2) is 34.9 Å². The molecule has 0 saturated carbocycles. The van der Waals surface area contributed by atoms with Crippen molar-refractivity contribution in [3.05, 3.63) is 51.5 Å². The summed E-state index contributed by atoms with van der Waals surface area (Å²) < 4.78 is 13.6. The van der Waals surface area contributed by atoms with Crippen molar-refractivity contribution in [1.29, 1.82) is 0 Å². The number of anilines is 2. The van der Waals surface area contributed by atoms with Crippen LogP contribution in [-0.4, -0.2) is 10.9 Å². The van der Waals surface area contributed by atoms with Crippen LogP contribution < -0.4 is 11.1 Å². The summed E-state index contributed by atoms with van der Waals surface area (Å²) in [6.45, 7) is 0. The molecule has 0 aliphatic carbocycles. The third-order valence-corrected chi connectivity index (χ3v) is 3.23. The minimum absolute atomic E-state index is 0.0317. The number of carbonyl (C=O) groups is 1. The predicted octanol–water partition coefficient (Wildman–Crippen LogP) is 3.47. The molecule has 19 heavy (non-hydrogen) atoms. The smallest absolute Gasteiger partial charge is 0.258 e. The Morgan fingerprint density at radius 1 is 1.42 bits per heavy atom. The normalized spacial score (nSPS) is 10.3. The Labute approximate surface area is 121 Å². The maximum Gasteiger partial charge on any atom is 0.258 e. The number of halogens is 3. The molecule has 0 radical (unpaired) electrons. The molecule has 1 aromatic heterocycles. The maximum absolute atomic E-state index is 13.3. The largest absolute Gasteiger partial charge is 0.397 e. The molecule has 7 heteroatoms. The van der Waals surface area contributed by atoms with Crippen LogP contribution in [0.25, 0.3) is 0 Å². The molecule has 0 saturated heterocycles. The number of nitrogens with zero attached hydrogens (tertiary/aromatic N) is 1. The first-order chi connectivity index (χ1) is 8.97. The van der Waals surface area contributed by atoms with Crippen molar-refractivity contribution in [1.82, 2.24) is 4.98 Å². The fourth-order valence-corrected chi connectivity index (χ4v) is 1.83. The molecular formula is C12H8BrClFN3O. The van der Waals surface area contributed by atoms with Gasteiger partial charge in [0, 0.05) is 5.69 Å². The lowest BCUT2D eigenvalue weighted by atomic mass is 10.2. The summed E-state index contributed by atoms with van der Waals surface area (Å²) in [6, 6.07) is 5.64. The number of amides is 1. The average Bonchev–Trinajstić information content (AvgIpc) is 2.36. The second kappa shape index (κ2) is 5.54. The first kappa shape index (κ1) is 13.8. The van der Waals surface area contributed by atoms with E-state index in [4.69, 9.17) is 17.3 Å². The quantitative estimate of drug-likeness (QED) is 0.820. The van der Waals surface area contributed by atoms with E-state index in [-0.39, 0.29) is 10.7 Å². The zero-order valence-electron chi connectivity index (χ0n) is 9.45. The number of nitrogens with two attached hydrogens (primary N) is 1. The van der Waals surface area contributed by atoms with Gasteiger partial charge in [-0.2, -0.15) is 0 Å². The van der Waals surface area contributed by atoms with Crippen molar-refractivity contribution in [2.45, 2.75) is 0 Å². The molecule has 0 spiro atoms. The van der Waals surface area contributed by atoms with Crippen molar-refractivity contribution in [3.63, 3.8) is 0 Å². The molecule has 1 heterocycles. The van der Waals surface area contributed by atoms with Gasteiger partial charge in [0.05, 0.1) is 21.9 Å². The molecular weight excluding hydrogens is 337 g/mol. The summed E-state index contributed by atoms with van der Waals surface area (Å²) in [5.74, 6) is -0.985. The molecule has 3 N–H and O–H groups in total. The van der Waals surface area contributed by atoms with Crippen molar-refractivity contribution < 1.29 is 9.18 Å². The fourth-order valence-electron chi connectivity index (χ4n) is 1.40. The summed E-state index contributed by atoms with van der Waals surface area (Å²) in [7, 11) is 0. The Kier molecular flexibility index (Phi) is 4.01. The molecule has 2 aromatic rings. The molecule has 0 aliphatic rings. The summed E-state index contributed by atoms with van der Waals surface area (Å²) in [4.78, 5) is 15.7. The highest BCUT2D eigenvalue weighted by atomic mass is 79.9. The van der Waals surface area contributed by atoms with Crippen LogP contribution in [0.1, 0.15) is 10.4 Å². The monoisotopic (exact) mass is 343 g/mol. The number of hydrogen-bond donors (Lipinski definition) is 2. The summed E-state index contributed by atoms with van der Waals surface area (Å²) in [6.07, 6.45) is 1.35. The van der Waals surface area contributed by atoms with Gasteiger partial charge in [0.1, 0.15) is 11.0 Å². The van der Waals surface area contributed by atoms with Crippen LogP contribution in [0, 0.1) is 5.82 Å². The molecule has 2 rings (SSSR count). The van der Waals surface area contributed by atoms with E-state index < -0.39 is 11.7 Å². The number of pyridine rings is 1. The highest BCUT2D eigenvalue weighted by Gasteiger charge is 2.13. The van der Waals surface area contributed by atoms with Gasteiger partial charge in [0.15, 0.2) is 0 Å². The van der Waals surface area contributed by atoms with Gasteiger partial charge >= 0.3 is 0 Å². The Hall–Kier alpha value is -1.66. The number of hydrogen-bond acceptors (Lipinski definition) is 3. The zero-order chi connectivity index (χ0) is 14.0. The van der Waals surface area contributed by atoms with Gasteiger partial charge in [-0.05, 0) is 40.2 Å². The van der Waals surface area contributed by atoms with Crippen molar-refractivity contribution in [2.75, 3.05) is 11.1 Å². The number of carbonyl (C=O) groups excluding carboxylic acids is 1. The SMILES string of the molecule is Nc1cnc(Cl)c(C(=O)Nc2ccc(Br)c(F)c2)c1. The summed E-state index contributed by atoms with van der Waals surface area (Å²) >= 11 is 8.83. The van der Waals surface area contributed by atoms with Gasteiger partial charge in [-0.15, -0.1) is 0 Å². The van der Waals surface area contributed by atoms with E-state index in [0.29, 0.717) is 15.8 Å². The molecule has 1 amide bonds. The van der Waals surface area contributed by atoms with Crippen LogP contribution in [0.5, 0.6) is 0 Å². The van der Waals surface area contributed by atoms with E-state index in [1.54, 1.807) is 6.07 Å². The Morgan fingerprint density at radius 3 is 2.84 bits per heavy atom. The highest BCUT2D eigenvalue weighted by molar-refractivity contribution is 9.10. The van der Waals surface area contributed by atoms with Crippen LogP contribution in [0.2, 0.25) is 5.15 Å². The van der Waals surface area contributed by atoms with Gasteiger partial charge in [-0.25, -0.2) is 9.37 Å². The van der Waals surface area contributed by atoms with Crippen molar-refractivity contribution in [3.8, 4) is 0 Å². The lowest BCUT2D eigenvalue weighted by Gasteiger charge is -2.07. The molecule has 0 bridgehead atoms. The predicted molar refractivity (Wildman–Crippen MR) is 75.7 cm³/mol. The van der Waals surface area contributed by atoms with E-state index in [2.05, 4.69) is 26.2 Å². The highest BCUT2D eigenvalue weighted by Crippen LogP contribution is 2.21. The van der Waals surface area contributed by atoms with Gasteiger partial charge < -0.3 is 11.1 Å². The van der Waals surface area contributed by atoms with Crippen LogP contribution in [0.4, 0.5) is 15.8 Å². The number of nitrogens with one attached hydrogen (secondary N) is 1. The minimum Gasteiger partial charge on any atom is -0.397 e. The number of aromatic nitrogens is 1. The molecule has 0 unspecified atom stereocenters. The maximum atomic E-state index is 13.3. The molecule has 1 aromatic carbocycles. The van der Waals surface area contributed by atoms with Gasteiger partial charge in [-0.3, -0.25) is 4.79 Å². The van der Waals surface area contributed by atoms with Gasteiger partial charge in [0.2, 0.25) is 0 Å². The van der Waals surface area contributed by atoms with Crippen molar-refractivity contribution >= 4 is 44.8 Å². The number of benzene rings is 1. The minimum atomic E-state index is -0.508. The average molecular weight is 345 g/mol. The molecule has 0 atom stereocenters. The topological polar surface area (TPSA) is 68.0 Å². The van der Waals surface area contributed by atoms with E-state index in [1.807, 2.05) is 0 Å². The van der Waals surface area contributed by atoms with Gasteiger partial charge in [-0.1, -0.05) is 11.6 Å². The van der Waals surface area contributed by atoms with Crippen LogP contribution in [0.3, 0.4) is 0 Å². The molecule has 4 nitrogen and oxygen atoms in total. The van der Waals surface area contributed by atoms with E-state index >= 15 is 0 Å². The first-order valence-corrected chi connectivity index (χ1v) is 6.32. The lowest BCUT2D eigenvalue weighted by Crippen LogP contribution is -2.13. The number of rotatable bonds is 2. The Morgan fingerprint density at radius 2 is 2.16 bits per heavy atom. The van der Waals surface area contributed by atoms with E-state index in [0.717, 1.165) is 0 Å². The van der Waals surface area contributed by atoms with Crippen LogP contribution >= 0.6 is 27.5 Å². The van der Waals surface area contributed by atoms with Crippen LogP contribution in [-0.2, 0) is 0 Å². The standard InChI is InChI=1S/C12H8BrClFN3O/c13-9-2-1-7(4-10(9)15)18-12(19)8-3-6(16)5-17-11(8)14/h1-5H,16H2,(H,18,19). The molecule has 0 fully saturated rings. The summed E-state index contributed by atoms with van der Waals surface area (Å²) in [5.41, 5.74) is 6.29. The lowest BCUT2D eigenvalue weighted by molar-refractivity contribution is 0.102. The second-order valence-electron chi connectivity index (χ2n) is 3.69. The summed E-state index contributed by atoms with van der Waals surface area (Å²) in [5, 5.41) is 2.55. The van der Waals surface area contributed by atoms with E-state index in [9.17, 15) is 9.18 Å². The zero-order valence-corrected chi connectivity index (χ0v) is 11.8. The Bertz CT molecular complexity index is 651. The fraction of sp³-hybridized carbons (Fsp3) is 0. The molecule has 98 valence electrons. The van der Waals surface area contributed by atoms with Crippen molar-refractivity contribution in [2.24, 2.45) is 0 Å². The Balaban J connectivity index is 2.25. The first-order valence-electron chi connectivity index (χ1n) is 5.15. The second-order valence-corrected chi connectivity index (χ2v) is 4.90. The third-order valence-electron chi connectivity index (χ3n) is 2.28. The molecule has 0 aliphatic heterocycles. The van der Waals surface area contributed by atoms with Gasteiger partial charge in [0.25, 0.3) is 5.91 Å². The van der Waals surface area contributed by atoms with E-state index in [1.165, 1.54) is 24.4 Å². The third kappa shape index (κ3) is 3.21. The number of nitrogen functional groups attached to an aromatic ring is 1.